The summed E-state index contributed by atoms with van der Waals surface area (Å²) in [6, 6.07) is 8.28. The molecule has 0 N–H and O–H groups in total. The zero-order chi connectivity index (χ0) is 14.3. The predicted octanol–water partition coefficient (Wildman–Crippen LogP) is 4.38. The Kier molecular flexibility index (Phi) is 3.13. The number of hydrogen-bond donors (Lipinski definition) is 0. The standard InChI is InChI=1S/C16H19N3S/c1-11-7-8-14(20-11)19-13(10-16(2,3)4)18-12-6-5-9-17-15(12)19/h5-9H,10H2,1-4H3. The van der Waals surface area contributed by atoms with Gasteiger partial charge >= 0.3 is 0 Å². The van der Waals surface area contributed by atoms with Gasteiger partial charge in [0, 0.05) is 17.5 Å². The molecule has 0 aliphatic carbocycles. The molecule has 3 heterocycles. The van der Waals surface area contributed by atoms with Crippen LogP contribution in [-0.4, -0.2) is 14.5 Å². The Morgan fingerprint density at radius 1 is 1.20 bits per heavy atom. The first kappa shape index (κ1) is 13.3. The Labute approximate surface area is 123 Å². The summed E-state index contributed by atoms with van der Waals surface area (Å²) in [6.07, 6.45) is 2.77. The van der Waals surface area contributed by atoms with Crippen LogP contribution >= 0.6 is 11.3 Å². The Hall–Kier alpha value is -1.68. The predicted molar refractivity (Wildman–Crippen MR) is 84.6 cm³/mol. The number of imidazole rings is 1. The average molecular weight is 285 g/mol. The maximum absolute atomic E-state index is 4.79. The van der Waals surface area contributed by atoms with Crippen molar-refractivity contribution in [3.63, 3.8) is 0 Å². The maximum atomic E-state index is 4.79. The molecule has 0 atom stereocenters. The lowest BCUT2D eigenvalue weighted by atomic mass is 9.92. The minimum absolute atomic E-state index is 0.200. The van der Waals surface area contributed by atoms with Crippen molar-refractivity contribution in [1.29, 1.82) is 0 Å². The second-order valence-corrected chi connectivity index (χ2v) is 7.60. The largest absolute Gasteiger partial charge is 0.271 e. The van der Waals surface area contributed by atoms with E-state index in [1.807, 2.05) is 18.3 Å². The molecule has 0 amide bonds. The molecule has 0 aliphatic heterocycles. The summed E-state index contributed by atoms with van der Waals surface area (Å²) in [5, 5.41) is 1.20. The van der Waals surface area contributed by atoms with Crippen LogP contribution in [0.1, 0.15) is 31.5 Å². The van der Waals surface area contributed by atoms with E-state index in [4.69, 9.17) is 4.98 Å². The molecule has 3 nitrogen and oxygen atoms in total. The van der Waals surface area contributed by atoms with Crippen LogP contribution in [0.5, 0.6) is 0 Å². The lowest BCUT2D eigenvalue weighted by molar-refractivity contribution is 0.399. The van der Waals surface area contributed by atoms with Gasteiger partial charge in [-0.05, 0) is 36.6 Å². The summed E-state index contributed by atoms with van der Waals surface area (Å²) in [7, 11) is 0. The van der Waals surface area contributed by atoms with E-state index in [0.29, 0.717) is 0 Å². The molecule has 0 unspecified atom stereocenters. The third-order valence-electron chi connectivity index (χ3n) is 3.12. The van der Waals surface area contributed by atoms with Crippen LogP contribution in [-0.2, 0) is 6.42 Å². The van der Waals surface area contributed by atoms with Gasteiger partial charge < -0.3 is 0 Å². The zero-order valence-corrected chi connectivity index (χ0v) is 13.2. The van der Waals surface area contributed by atoms with Gasteiger partial charge in [0.15, 0.2) is 5.65 Å². The van der Waals surface area contributed by atoms with Gasteiger partial charge in [0.2, 0.25) is 0 Å². The Balaban J connectivity index is 2.23. The number of hydrogen-bond acceptors (Lipinski definition) is 3. The molecule has 0 fully saturated rings. The SMILES string of the molecule is Cc1ccc(-n2c(CC(C)(C)C)nc3cccnc32)s1. The monoisotopic (exact) mass is 285 g/mol. The van der Waals surface area contributed by atoms with Gasteiger partial charge in [0.05, 0.1) is 0 Å². The minimum atomic E-state index is 0.200. The summed E-state index contributed by atoms with van der Waals surface area (Å²) < 4.78 is 2.21. The van der Waals surface area contributed by atoms with Crippen molar-refractivity contribution in [2.75, 3.05) is 0 Å². The summed E-state index contributed by atoms with van der Waals surface area (Å²) >= 11 is 1.78. The van der Waals surface area contributed by atoms with Crippen molar-refractivity contribution in [1.82, 2.24) is 14.5 Å². The fourth-order valence-corrected chi connectivity index (χ4v) is 3.21. The van der Waals surface area contributed by atoms with Gasteiger partial charge in [-0.2, -0.15) is 0 Å². The Bertz CT molecular complexity index is 747. The van der Waals surface area contributed by atoms with Gasteiger partial charge in [-0.1, -0.05) is 20.8 Å². The molecular weight excluding hydrogens is 266 g/mol. The van der Waals surface area contributed by atoms with Crippen molar-refractivity contribution < 1.29 is 0 Å². The highest BCUT2D eigenvalue weighted by Gasteiger charge is 2.20. The zero-order valence-electron chi connectivity index (χ0n) is 12.3. The van der Waals surface area contributed by atoms with Gasteiger partial charge in [0.25, 0.3) is 0 Å². The molecule has 0 radical (unpaired) electrons. The molecule has 4 heteroatoms. The van der Waals surface area contributed by atoms with Crippen LogP contribution in [0.3, 0.4) is 0 Å². The fraction of sp³-hybridized carbons (Fsp3) is 0.375. The summed E-state index contributed by atoms with van der Waals surface area (Å²) in [6.45, 7) is 8.85. The van der Waals surface area contributed by atoms with Crippen LogP contribution in [0.15, 0.2) is 30.5 Å². The van der Waals surface area contributed by atoms with E-state index in [-0.39, 0.29) is 5.41 Å². The fourth-order valence-electron chi connectivity index (χ4n) is 2.33. The van der Waals surface area contributed by atoms with Crippen LogP contribution in [0, 0.1) is 12.3 Å². The van der Waals surface area contributed by atoms with E-state index in [0.717, 1.165) is 23.4 Å². The van der Waals surface area contributed by atoms with Gasteiger partial charge in [-0.25, -0.2) is 9.97 Å². The van der Waals surface area contributed by atoms with E-state index < -0.39 is 0 Å². The first-order valence-electron chi connectivity index (χ1n) is 6.83. The van der Waals surface area contributed by atoms with E-state index in [2.05, 4.69) is 49.4 Å². The van der Waals surface area contributed by atoms with Crippen LogP contribution in [0.25, 0.3) is 16.2 Å². The van der Waals surface area contributed by atoms with E-state index in [9.17, 15) is 0 Å². The molecule has 0 aliphatic rings. The second kappa shape index (κ2) is 4.70. The van der Waals surface area contributed by atoms with Gasteiger partial charge in [-0.15, -0.1) is 11.3 Å². The Morgan fingerprint density at radius 2 is 2.00 bits per heavy atom. The molecule has 104 valence electrons. The van der Waals surface area contributed by atoms with E-state index in [1.54, 1.807) is 11.3 Å². The summed E-state index contributed by atoms with van der Waals surface area (Å²) in [5.74, 6) is 1.09. The third kappa shape index (κ3) is 2.48. The molecule has 20 heavy (non-hydrogen) atoms. The molecule has 3 aromatic rings. The Morgan fingerprint density at radius 3 is 2.65 bits per heavy atom. The highest BCUT2D eigenvalue weighted by atomic mass is 32.1. The topological polar surface area (TPSA) is 30.7 Å². The average Bonchev–Trinajstić information content (AvgIpc) is 2.90. The van der Waals surface area contributed by atoms with Gasteiger partial charge in [-0.3, -0.25) is 4.57 Å². The van der Waals surface area contributed by atoms with E-state index in [1.165, 1.54) is 9.88 Å². The second-order valence-electron chi connectivity index (χ2n) is 6.33. The lowest BCUT2D eigenvalue weighted by Gasteiger charge is -2.18. The van der Waals surface area contributed by atoms with E-state index >= 15 is 0 Å². The molecular formula is C16H19N3S. The van der Waals surface area contributed by atoms with Crippen molar-refractivity contribution in [2.24, 2.45) is 5.41 Å². The number of thiophene rings is 1. The van der Waals surface area contributed by atoms with Crippen molar-refractivity contribution in [3.8, 4) is 5.00 Å². The number of fused-ring (bicyclic) bond motifs is 1. The molecule has 3 rings (SSSR count). The maximum Gasteiger partial charge on any atom is 0.165 e. The smallest absolute Gasteiger partial charge is 0.165 e. The molecule has 3 aromatic heterocycles. The normalized spacial score (nSPS) is 12.2. The van der Waals surface area contributed by atoms with Crippen LogP contribution in [0.4, 0.5) is 0 Å². The molecule has 0 bridgehead atoms. The summed E-state index contributed by atoms with van der Waals surface area (Å²) in [5.41, 5.74) is 2.12. The van der Waals surface area contributed by atoms with Crippen LogP contribution in [0.2, 0.25) is 0 Å². The lowest BCUT2D eigenvalue weighted by Crippen LogP contribution is -2.13. The van der Waals surface area contributed by atoms with Crippen molar-refractivity contribution in [3.05, 3.63) is 41.2 Å². The molecule has 0 saturated carbocycles. The number of aryl methyl sites for hydroxylation is 1. The number of nitrogens with zero attached hydrogens (tertiary/aromatic N) is 3. The minimum Gasteiger partial charge on any atom is -0.271 e. The highest BCUT2D eigenvalue weighted by Crippen LogP contribution is 2.29. The number of pyridine rings is 1. The number of rotatable bonds is 2. The molecule has 0 saturated heterocycles. The van der Waals surface area contributed by atoms with Crippen molar-refractivity contribution in [2.45, 2.75) is 34.1 Å². The number of aromatic nitrogens is 3. The quantitative estimate of drug-likeness (QED) is 0.699. The summed E-state index contributed by atoms with van der Waals surface area (Å²) in [4.78, 5) is 10.6. The van der Waals surface area contributed by atoms with Crippen LogP contribution < -0.4 is 0 Å². The van der Waals surface area contributed by atoms with Crippen molar-refractivity contribution >= 4 is 22.5 Å². The third-order valence-corrected chi connectivity index (χ3v) is 4.11. The van der Waals surface area contributed by atoms with Gasteiger partial charge in [0.1, 0.15) is 16.3 Å². The first-order valence-corrected chi connectivity index (χ1v) is 7.65. The first-order chi connectivity index (χ1) is 9.44. The molecule has 0 aromatic carbocycles. The highest BCUT2D eigenvalue weighted by molar-refractivity contribution is 7.14. The molecule has 0 spiro atoms.